The van der Waals surface area contributed by atoms with E-state index in [4.69, 9.17) is 5.73 Å². The summed E-state index contributed by atoms with van der Waals surface area (Å²) in [5.41, 5.74) is 5.85. The minimum atomic E-state index is -1.50. The second-order valence-electron chi connectivity index (χ2n) is 3.50. The number of nitrogens with two attached hydrogens (primary N) is 1. The van der Waals surface area contributed by atoms with E-state index in [-0.39, 0.29) is 5.56 Å². The van der Waals surface area contributed by atoms with Crippen molar-refractivity contribution in [1.29, 1.82) is 0 Å². The molecule has 0 spiro atoms. The smallest absolute Gasteiger partial charge is 0.194 e. The number of carbonyl (C=O) groups excluding carboxylic acids is 1. The van der Waals surface area contributed by atoms with Crippen molar-refractivity contribution in [3.63, 3.8) is 0 Å². The van der Waals surface area contributed by atoms with Crippen LogP contribution >= 0.6 is 0 Å². The zero-order valence-corrected chi connectivity index (χ0v) is 8.55. The summed E-state index contributed by atoms with van der Waals surface area (Å²) in [6, 6.07) is 1.16. The molecule has 0 saturated carbocycles. The van der Waals surface area contributed by atoms with Gasteiger partial charge in [-0.3, -0.25) is 0 Å². The second kappa shape index (κ2) is 5.65. The number of carbonyl (C=O) groups is 1. The largest absolute Gasteiger partial charge is 0.324 e. The van der Waals surface area contributed by atoms with Gasteiger partial charge in [0.05, 0.1) is 0 Å². The van der Waals surface area contributed by atoms with Crippen LogP contribution in [0.5, 0.6) is 0 Å². The second-order valence-corrected chi connectivity index (χ2v) is 3.50. The third-order valence-corrected chi connectivity index (χ3v) is 2.27. The fraction of sp³-hybridized carbons (Fsp3) is 0.364. The number of aldehydes is 1. The lowest BCUT2D eigenvalue weighted by Gasteiger charge is -2.11. The first-order valence-electron chi connectivity index (χ1n) is 4.90. The first kappa shape index (κ1) is 12.7. The average Bonchev–Trinajstić information content (AvgIpc) is 2.25. The van der Waals surface area contributed by atoms with Crippen molar-refractivity contribution >= 4 is 6.29 Å². The van der Waals surface area contributed by atoms with E-state index in [1.54, 1.807) is 0 Å². The minimum Gasteiger partial charge on any atom is -0.324 e. The van der Waals surface area contributed by atoms with Gasteiger partial charge < -0.3 is 10.5 Å². The number of unbranched alkanes of at least 4 members (excludes halogenated alkanes) is 1. The van der Waals surface area contributed by atoms with Crippen LogP contribution in [0, 0.1) is 17.5 Å². The lowest BCUT2D eigenvalue weighted by Crippen LogP contribution is -2.11. The van der Waals surface area contributed by atoms with Crippen LogP contribution in [0.25, 0.3) is 0 Å². The van der Waals surface area contributed by atoms with E-state index in [1.807, 2.05) is 0 Å². The van der Waals surface area contributed by atoms with Crippen molar-refractivity contribution in [3.05, 3.63) is 35.1 Å². The molecule has 88 valence electrons. The fourth-order valence-corrected chi connectivity index (χ4v) is 1.38. The molecule has 0 aliphatic heterocycles. The van der Waals surface area contributed by atoms with Gasteiger partial charge in [0.1, 0.15) is 6.29 Å². The Hall–Kier alpha value is -1.36. The third kappa shape index (κ3) is 3.06. The summed E-state index contributed by atoms with van der Waals surface area (Å²) >= 11 is 0. The van der Waals surface area contributed by atoms with E-state index in [0.29, 0.717) is 19.3 Å². The summed E-state index contributed by atoms with van der Waals surface area (Å²) in [5.74, 6) is -3.99. The number of benzene rings is 1. The maximum absolute atomic E-state index is 12.9. The maximum atomic E-state index is 12.9. The molecule has 0 radical (unpaired) electrons. The van der Waals surface area contributed by atoms with Crippen LogP contribution in [0.4, 0.5) is 13.2 Å². The molecule has 0 aliphatic carbocycles. The van der Waals surface area contributed by atoms with Crippen molar-refractivity contribution in [2.45, 2.75) is 25.3 Å². The Morgan fingerprint density at radius 3 is 2.31 bits per heavy atom. The van der Waals surface area contributed by atoms with Gasteiger partial charge in [0.15, 0.2) is 17.5 Å². The molecule has 0 heterocycles. The molecule has 2 N–H and O–H groups in total. The van der Waals surface area contributed by atoms with Gasteiger partial charge in [0, 0.05) is 12.5 Å². The molecular formula is C11H12F3NO. The zero-order valence-electron chi connectivity index (χ0n) is 8.55. The normalized spacial score (nSPS) is 12.5. The van der Waals surface area contributed by atoms with E-state index >= 15 is 0 Å². The predicted octanol–water partition coefficient (Wildman–Crippen LogP) is 2.47. The van der Waals surface area contributed by atoms with Crippen LogP contribution in [0.3, 0.4) is 0 Å². The molecule has 0 fully saturated rings. The van der Waals surface area contributed by atoms with E-state index in [0.717, 1.165) is 18.4 Å². The zero-order chi connectivity index (χ0) is 12.1. The number of halogens is 3. The highest BCUT2D eigenvalue weighted by Gasteiger charge is 2.14. The van der Waals surface area contributed by atoms with E-state index in [1.165, 1.54) is 0 Å². The van der Waals surface area contributed by atoms with E-state index < -0.39 is 23.5 Å². The van der Waals surface area contributed by atoms with Gasteiger partial charge in [-0.2, -0.15) is 0 Å². The van der Waals surface area contributed by atoms with Crippen LogP contribution < -0.4 is 5.73 Å². The van der Waals surface area contributed by atoms with Crippen LogP contribution in [0.15, 0.2) is 12.1 Å². The first-order valence-corrected chi connectivity index (χ1v) is 4.90. The van der Waals surface area contributed by atoms with Gasteiger partial charge in [-0.15, -0.1) is 0 Å². The summed E-state index contributed by atoms with van der Waals surface area (Å²) in [6.07, 6.45) is 2.05. The molecule has 0 bridgehead atoms. The SMILES string of the molecule is NC(CCCC=O)c1cc(F)c(F)c(F)c1. The Bertz CT molecular complexity index is 358. The average molecular weight is 231 g/mol. The molecule has 1 rings (SSSR count). The molecule has 0 saturated heterocycles. The third-order valence-electron chi connectivity index (χ3n) is 2.27. The van der Waals surface area contributed by atoms with Crippen LogP contribution in [0.1, 0.15) is 30.9 Å². The summed E-state index contributed by atoms with van der Waals surface area (Å²) < 4.78 is 38.4. The minimum absolute atomic E-state index is 0.197. The predicted molar refractivity (Wildman–Crippen MR) is 53.2 cm³/mol. The summed E-state index contributed by atoms with van der Waals surface area (Å²) in [4.78, 5) is 10.1. The molecule has 5 heteroatoms. The number of hydrogen-bond donors (Lipinski definition) is 1. The standard InChI is InChI=1S/C11H12F3NO/c12-8-5-7(6-9(13)11(8)14)10(15)3-1-2-4-16/h4-6,10H,1-3,15H2. The highest BCUT2D eigenvalue weighted by molar-refractivity contribution is 5.49. The molecule has 0 aromatic heterocycles. The lowest BCUT2D eigenvalue weighted by molar-refractivity contribution is -0.107. The first-order chi connectivity index (χ1) is 7.56. The van der Waals surface area contributed by atoms with Gasteiger partial charge in [0.2, 0.25) is 0 Å². The molecule has 1 atom stereocenters. The summed E-state index contributed by atoms with van der Waals surface area (Å²) in [6.45, 7) is 0. The van der Waals surface area contributed by atoms with E-state index in [2.05, 4.69) is 0 Å². The molecule has 16 heavy (non-hydrogen) atoms. The maximum Gasteiger partial charge on any atom is 0.194 e. The van der Waals surface area contributed by atoms with Crippen molar-refractivity contribution in [3.8, 4) is 0 Å². The van der Waals surface area contributed by atoms with Crippen molar-refractivity contribution < 1.29 is 18.0 Å². The molecule has 1 aromatic carbocycles. The molecule has 0 aliphatic rings. The Kier molecular flexibility index (Phi) is 4.49. The fourth-order valence-electron chi connectivity index (χ4n) is 1.38. The van der Waals surface area contributed by atoms with Gasteiger partial charge in [-0.25, -0.2) is 13.2 Å². The van der Waals surface area contributed by atoms with Crippen molar-refractivity contribution in [2.24, 2.45) is 5.73 Å². The highest BCUT2D eigenvalue weighted by Crippen LogP contribution is 2.21. The Morgan fingerprint density at radius 1 is 1.25 bits per heavy atom. The van der Waals surface area contributed by atoms with Crippen LogP contribution in [0.2, 0.25) is 0 Å². The molecule has 0 amide bonds. The quantitative estimate of drug-likeness (QED) is 0.480. The van der Waals surface area contributed by atoms with Gasteiger partial charge in [-0.1, -0.05) is 0 Å². The Morgan fingerprint density at radius 2 is 1.81 bits per heavy atom. The summed E-state index contributed by atoms with van der Waals surface area (Å²) in [5, 5.41) is 0. The van der Waals surface area contributed by atoms with Gasteiger partial charge in [-0.05, 0) is 30.5 Å². The van der Waals surface area contributed by atoms with E-state index in [9.17, 15) is 18.0 Å². The van der Waals surface area contributed by atoms with Crippen LogP contribution in [-0.2, 0) is 4.79 Å². The Balaban J connectivity index is 2.75. The highest BCUT2D eigenvalue weighted by atomic mass is 19.2. The lowest BCUT2D eigenvalue weighted by atomic mass is 10.0. The van der Waals surface area contributed by atoms with Gasteiger partial charge in [0.25, 0.3) is 0 Å². The number of hydrogen-bond acceptors (Lipinski definition) is 2. The van der Waals surface area contributed by atoms with Crippen LogP contribution in [-0.4, -0.2) is 6.29 Å². The monoisotopic (exact) mass is 231 g/mol. The van der Waals surface area contributed by atoms with Crippen molar-refractivity contribution in [2.75, 3.05) is 0 Å². The number of rotatable bonds is 5. The molecule has 1 aromatic rings. The molecular weight excluding hydrogens is 219 g/mol. The van der Waals surface area contributed by atoms with Crippen molar-refractivity contribution in [1.82, 2.24) is 0 Å². The molecule has 2 nitrogen and oxygen atoms in total. The van der Waals surface area contributed by atoms with Gasteiger partial charge >= 0.3 is 0 Å². The molecule has 1 unspecified atom stereocenters. The Labute approximate surface area is 91.3 Å². The summed E-state index contributed by atoms with van der Waals surface area (Å²) in [7, 11) is 0. The topological polar surface area (TPSA) is 43.1 Å².